The van der Waals surface area contributed by atoms with E-state index in [1.54, 1.807) is 0 Å². The lowest BCUT2D eigenvalue weighted by atomic mass is 9.79. The monoisotopic (exact) mass is 290 g/mol. The van der Waals surface area contributed by atoms with Crippen LogP contribution in [0.4, 0.5) is 0 Å². The highest BCUT2D eigenvalue weighted by Crippen LogP contribution is 2.35. The maximum Gasteiger partial charge on any atom is 0.165 e. The van der Waals surface area contributed by atoms with Crippen molar-refractivity contribution in [1.29, 1.82) is 0 Å². The zero-order valence-corrected chi connectivity index (χ0v) is 13.1. The van der Waals surface area contributed by atoms with E-state index in [4.69, 9.17) is 15.2 Å². The molecule has 0 bridgehead atoms. The van der Waals surface area contributed by atoms with Crippen LogP contribution in [0.3, 0.4) is 0 Å². The Morgan fingerprint density at radius 3 is 2.90 bits per heavy atom. The molecule has 0 radical (unpaired) electrons. The van der Waals surface area contributed by atoms with E-state index in [0.29, 0.717) is 6.04 Å². The minimum Gasteiger partial charge on any atom is -0.490 e. The SMILES string of the molecule is CC1(C)CN(Cc2cccc3c2OCCCO3)CCC1N. The van der Waals surface area contributed by atoms with Crippen LogP contribution in [0.15, 0.2) is 18.2 Å². The minimum atomic E-state index is 0.168. The molecular formula is C17H26N2O2. The second-order valence-electron chi connectivity index (χ2n) is 6.89. The van der Waals surface area contributed by atoms with Crippen LogP contribution >= 0.6 is 0 Å². The van der Waals surface area contributed by atoms with Crippen molar-refractivity contribution in [3.63, 3.8) is 0 Å². The topological polar surface area (TPSA) is 47.7 Å². The normalized spacial score (nSPS) is 25.4. The van der Waals surface area contributed by atoms with Gasteiger partial charge in [-0.2, -0.15) is 0 Å². The van der Waals surface area contributed by atoms with Gasteiger partial charge < -0.3 is 15.2 Å². The third-order valence-corrected chi connectivity index (χ3v) is 4.64. The Bertz CT molecular complexity index is 502. The van der Waals surface area contributed by atoms with Crippen LogP contribution in [0.25, 0.3) is 0 Å². The van der Waals surface area contributed by atoms with Crippen LogP contribution < -0.4 is 15.2 Å². The highest BCUT2D eigenvalue weighted by Gasteiger charge is 2.33. The Morgan fingerprint density at radius 1 is 1.29 bits per heavy atom. The fourth-order valence-electron chi connectivity index (χ4n) is 3.24. The number of rotatable bonds is 2. The van der Waals surface area contributed by atoms with Gasteiger partial charge in [0.05, 0.1) is 13.2 Å². The van der Waals surface area contributed by atoms with Crippen molar-refractivity contribution >= 4 is 0 Å². The van der Waals surface area contributed by atoms with Gasteiger partial charge in [0, 0.05) is 37.7 Å². The van der Waals surface area contributed by atoms with E-state index in [2.05, 4.69) is 30.9 Å². The molecule has 3 rings (SSSR count). The molecular weight excluding hydrogens is 264 g/mol. The highest BCUT2D eigenvalue weighted by molar-refractivity contribution is 5.47. The first-order valence-corrected chi connectivity index (χ1v) is 7.92. The maximum absolute atomic E-state index is 6.23. The van der Waals surface area contributed by atoms with E-state index in [1.807, 2.05) is 6.07 Å². The van der Waals surface area contributed by atoms with Crippen molar-refractivity contribution in [1.82, 2.24) is 4.90 Å². The van der Waals surface area contributed by atoms with E-state index in [1.165, 1.54) is 5.56 Å². The number of para-hydroxylation sites is 1. The number of fused-ring (bicyclic) bond motifs is 1. The van der Waals surface area contributed by atoms with Crippen molar-refractivity contribution in [2.24, 2.45) is 11.1 Å². The number of benzene rings is 1. The van der Waals surface area contributed by atoms with Crippen molar-refractivity contribution in [3.8, 4) is 11.5 Å². The fourth-order valence-corrected chi connectivity index (χ4v) is 3.24. The molecule has 116 valence electrons. The molecule has 2 N–H and O–H groups in total. The largest absolute Gasteiger partial charge is 0.490 e. The van der Waals surface area contributed by atoms with Gasteiger partial charge in [0.1, 0.15) is 0 Å². The summed E-state index contributed by atoms with van der Waals surface area (Å²) < 4.78 is 11.7. The molecule has 21 heavy (non-hydrogen) atoms. The van der Waals surface area contributed by atoms with Gasteiger partial charge in [0.25, 0.3) is 0 Å². The number of hydrogen-bond donors (Lipinski definition) is 1. The van der Waals surface area contributed by atoms with Gasteiger partial charge in [0.2, 0.25) is 0 Å². The Hall–Kier alpha value is -1.26. The molecule has 1 aromatic rings. The molecule has 1 saturated heterocycles. The molecule has 1 atom stereocenters. The predicted octanol–water partition coefficient (Wildman–Crippen LogP) is 2.41. The van der Waals surface area contributed by atoms with Crippen LogP contribution in [-0.2, 0) is 6.54 Å². The second kappa shape index (κ2) is 5.85. The third-order valence-electron chi connectivity index (χ3n) is 4.64. The number of ether oxygens (including phenoxy) is 2. The van der Waals surface area contributed by atoms with Gasteiger partial charge in [-0.05, 0) is 17.9 Å². The van der Waals surface area contributed by atoms with Crippen LogP contribution in [0.2, 0.25) is 0 Å². The lowest BCUT2D eigenvalue weighted by molar-refractivity contribution is 0.0890. The van der Waals surface area contributed by atoms with Gasteiger partial charge in [-0.1, -0.05) is 26.0 Å². The third kappa shape index (κ3) is 3.16. The van der Waals surface area contributed by atoms with Crippen molar-refractivity contribution in [3.05, 3.63) is 23.8 Å². The maximum atomic E-state index is 6.23. The van der Waals surface area contributed by atoms with Crippen LogP contribution in [0, 0.1) is 5.41 Å². The fraction of sp³-hybridized carbons (Fsp3) is 0.647. The van der Waals surface area contributed by atoms with Crippen LogP contribution in [0.1, 0.15) is 32.3 Å². The first kappa shape index (κ1) is 14.7. The summed E-state index contributed by atoms with van der Waals surface area (Å²) >= 11 is 0. The van der Waals surface area contributed by atoms with Crippen LogP contribution in [-0.4, -0.2) is 37.2 Å². The van der Waals surface area contributed by atoms with Crippen molar-refractivity contribution in [2.75, 3.05) is 26.3 Å². The summed E-state index contributed by atoms with van der Waals surface area (Å²) in [5.41, 5.74) is 7.62. The summed E-state index contributed by atoms with van der Waals surface area (Å²) in [5.74, 6) is 1.82. The number of hydrogen-bond acceptors (Lipinski definition) is 4. The Balaban J connectivity index is 1.76. The van der Waals surface area contributed by atoms with Gasteiger partial charge in [-0.15, -0.1) is 0 Å². The summed E-state index contributed by atoms with van der Waals surface area (Å²) in [6, 6.07) is 6.50. The van der Waals surface area contributed by atoms with E-state index < -0.39 is 0 Å². The molecule has 2 heterocycles. The average Bonchev–Trinajstić information content (AvgIpc) is 2.69. The van der Waals surface area contributed by atoms with E-state index in [9.17, 15) is 0 Å². The number of piperidine rings is 1. The molecule has 4 heteroatoms. The summed E-state index contributed by atoms with van der Waals surface area (Å²) in [4.78, 5) is 2.48. The Labute approximate surface area is 127 Å². The Kier molecular flexibility index (Phi) is 4.09. The molecule has 0 spiro atoms. The first-order chi connectivity index (χ1) is 10.1. The standard InChI is InChI=1S/C17H26N2O2/c1-17(2)12-19(8-7-15(17)18)11-13-5-3-6-14-16(13)21-10-4-9-20-14/h3,5-6,15H,4,7-12,18H2,1-2H3. The van der Waals surface area contributed by atoms with Crippen molar-refractivity contribution in [2.45, 2.75) is 39.3 Å². The number of likely N-dealkylation sites (tertiary alicyclic amines) is 1. The van der Waals surface area contributed by atoms with Crippen LogP contribution in [0.5, 0.6) is 11.5 Å². The van der Waals surface area contributed by atoms with Gasteiger partial charge in [-0.25, -0.2) is 0 Å². The predicted molar refractivity (Wildman–Crippen MR) is 83.7 cm³/mol. The molecule has 2 aliphatic rings. The smallest absolute Gasteiger partial charge is 0.165 e. The van der Waals surface area contributed by atoms with Gasteiger partial charge >= 0.3 is 0 Å². The first-order valence-electron chi connectivity index (χ1n) is 7.92. The summed E-state index contributed by atoms with van der Waals surface area (Å²) in [7, 11) is 0. The van der Waals surface area contributed by atoms with Gasteiger partial charge in [-0.3, -0.25) is 4.90 Å². The molecule has 0 aromatic heterocycles. The van der Waals surface area contributed by atoms with Gasteiger partial charge in [0.15, 0.2) is 11.5 Å². The lowest BCUT2D eigenvalue weighted by Crippen LogP contribution is -2.52. The zero-order valence-electron chi connectivity index (χ0n) is 13.1. The molecule has 4 nitrogen and oxygen atoms in total. The van der Waals surface area contributed by atoms with Crippen molar-refractivity contribution < 1.29 is 9.47 Å². The van der Waals surface area contributed by atoms with E-state index >= 15 is 0 Å². The Morgan fingerprint density at radius 2 is 2.10 bits per heavy atom. The minimum absolute atomic E-state index is 0.168. The van der Waals surface area contributed by atoms with E-state index in [0.717, 1.165) is 57.2 Å². The van der Waals surface area contributed by atoms with E-state index in [-0.39, 0.29) is 5.41 Å². The lowest BCUT2D eigenvalue weighted by Gasteiger charge is -2.42. The molecule has 0 amide bonds. The molecule has 2 aliphatic heterocycles. The molecule has 0 aliphatic carbocycles. The molecule has 0 saturated carbocycles. The summed E-state index contributed by atoms with van der Waals surface area (Å²) in [6.45, 7) is 8.98. The summed E-state index contributed by atoms with van der Waals surface area (Å²) in [6.07, 6.45) is 2.00. The second-order valence-corrected chi connectivity index (χ2v) is 6.89. The average molecular weight is 290 g/mol. The molecule has 1 aromatic carbocycles. The zero-order chi connectivity index (χ0) is 14.9. The molecule has 1 fully saturated rings. The summed E-state index contributed by atoms with van der Waals surface area (Å²) in [5, 5.41) is 0. The number of nitrogens with zero attached hydrogens (tertiary/aromatic N) is 1. The quantitative estimate of drug-likeness (QED) is 0.908. The highest BCUT2D eigenvalue weighted by atomic mass is 16.5. The number of nitrogens with two attached hydrogens (primary N) is 1. The molecule has 1 unspecified atom stereocenters.